The zero-order chi connectivity index (χ0) is 20.4. The molecule has 0 spiro atoms. The van der Waals surface area contributed by atoms with Crippen LogP contribution in [-0.4, -0.2) is 57.8 Å². The number of amides is 1. The second-order valence-corrected chi connectivity index (χ2v) is 7.05. The van der Waals surface area contributed by atoms with Gasteiger partial charge in [-0.15, -0.1) is 0 Å². The molecule has 1 amide bonds. The molecule has 7 heteroatoms. The van der Waals surface area contributed by atoms with Gasteiger partial charge in [-0.05, 0) is 43.3 Å². The smallest absolute Gasteiger partial charge is 0.335 e. The van der Waals surface area contributed by atoms with E-state index in [1.54, 1.807) is 22.9 Å². The van der Waals surface area contributed by atoms with Crippen molar-refractivity contribution in [1.29, 1.82) is 0 Å². The summed E-state index contributed by atoms with van der Waals surface area (Å²) >= 11 is 0. The number of piperazine rings is 1. The van der Waals surface area contributed by atoms with Crippen molar-refractivity contribution in [3.05, 3.63) is 77.6 Å². The van der Waals surface area contributed by atoms with Crippen LogP contribution >= 0.6 is 0 Å². The zero-order valence-corrected chi connectivity index (χ0v) is 16.2. The van der Waals surface area contributed by atoms with Crippen LogP contribution in [0.25, 0.3) is 5.69 Å². The minimum atomic E-state index is -0.940. The third kappa shape index (κ3) is 3.85. The first-order chi connectivity index (χ1) is 14.0. The number of carbonyl (C=O) groups is 2. The van der Waals surface area contributed by atoms with Gasteiger partial charge in [-0.2, -0.15) is 5.10 Å². The quantitative estimate of drug-likeness (QED) is 0.741. The molecule has 2 heterocycles. The predicted molar refractivity (Wildman–Crippen MR) is 110 cm³/mol. The molecule has 2 aromatic carbocycles. The van der Waals surface area contributed by atoms with Crippen molar-refractivity contribution < 1.29 is 14.7 Å². The minimum Gasteiger partial charge on any atom is -0.478 e. The van der Waals surface area contributed by atoms with Gasteiger partial charge in [-0.1, -0.05) is 24.3 Å². The maximum atomic E-state index is 13.2. The average Bonchev–Trinajstić information content (AvgIpc) is 3.16. The normalized spacial score (nSPS) is 14.1. The maximum absolute atomic E-state index is 13.2. The summed E-state index contributed by atoms with van der Waals surface area (Å²) in [5, 5.41) is 13.7. The number of carboxylic acid groups (broad SMARTS) is 1. The van der Waals surface area contributed by atoms with Crippen molar-refractivity contribution in [1.82, 2.24) is 14.7 Å². The van der Waals surface area contributed by atoms with Crippen molar-refractivity contribution in [2.45, 2.75) is 6.92 Å². The van der Waals surface area contributed by atoms with Gasteiger partial charge in [0.05, 0.1) is 16.9 Å². The van der Waals surface area contributed by atoms with Crippen LogP contribution in [0.1, 0.15) is 26.5 Å². The molecule has 148 valence electrons. The highest BCUT2D eigenvalue weighted by Gasteiger charge is 2.26. The fourth-order valence-electron chi connectivity index (χ4n) is 3.58. The van der Waals surface area contributed by atoms with E-state index in [-0.39, 0.29) is 11.5 Å². The number of aromatic carboxylic acids is 1. The number of benzene rings is 2. The Kier molecular flexibility index (Phi) is 5.03. The maximum Gasteiger partial charge on any atom is 0.335 e. The van der Waals surface area contributed by atoms with Gasteiger partial charge in [-0.3, -0.25) is 4.79 Å². The molecule has 1 fully saturated rings. The van der Waals surface area contributed by atoms with Crippen LogP contribution < -0.4 is 4.90 Å². The molecule has 0 bridgehead atoms. The van der Waals surface area contributed by atoms with E-state index in [0.29, 0.717) is 31.9 Å². The van der Waals surface area contributed by atoms with Crippen molar-refractivity contribution >= 4 is 17.6 Å². The fourth-order valence-corrected chi connectivity index (χ4v) is 3.58. The molecule has 0 saturated carbocycles. The summed E-state index contributed by atoms with van der Waals surface area (Å²) in [4.78, 5) is 28.3. The van der Waals surface area contributed by atoms with Gasteiger partial charge in [0, 0.05) is 31.9 Å². The van der Waals surface area contributed by atoms with Crippen LogP contribution in [0, 0.1) is 6.92 Å². The number of carbonyl (C=O) groups excluding carboxylic acids is 1. The van der Waals surface area contributed by atoms with Crippen molar-refractivity contribution in [2.75, 3.05) is 31.1 Å². The topological polar surface area (TPSA) is 78.7 Å². The summed E-state index contributed by atoms with van der Waals surface area (Å²) in [6.07, 6.45) is 0. The summed E-state index contributed by atoms with van der Waals surface area (Å²) in [5.74, 6) is -0.987. The van der Waals surface area contributed by atoms with E-state index in [1.807, 2.05) is 54.3 Å². The molecule has 29 heavy (non-hydrogen) atoms. The average molecular weight is 390 g/mol. The van der Waals surface area contributed by atoms with Gasteiger partial charge in [-0.25, -0.2) is 9.48 Å². The summed E-state index contributed by atoms with van der Waals surface area (Å²) < 4.78 is 1.69. The van der Waals surface area contributed by atoms with E-state index < -0.39 is 5.97 Å². The summed E-state index contributed by atoms with van der Waals surface area (Å²) in [6, 6.07) is 18.3. The number of para-hydroxylation sites is 1. The van der Waals surface area contributed by atoms with E-state index >= 15 is 0 Å². The number of aromatic nitrogens is 2. The number of hydrogen-bond donors (Lipinski definition) is 1. The van der Waals surface area contributed by atoms with Crippen molar-refractivity contribution in [3.63, 3.8) is 0 Å². The van der Waals surface area contributed by atoms with Crippen LogP contribution in [-0.2, 0) is 0 Å². The van der Waals surface area contributed by atoms with Crippen LogP contribution in [0.15, 0.2) is 60.7 Å². The Morgan fingerprint density at radius 2 is 1.59 bits per heavy atom. The third-order valence-corrected chi connectivity index (χ3v) is 5.08. The fraction of sp³-hybridized carbons (Fsp3) is 0.227. The number of anilines is 1. The second-order valence-electron chi connectivity index (χ2n) is 7.05. The first-order valence-electron chi connectivity index (χ1n) is 9.52. The lowest BCUT2D eigenvalue weighted by Crippen LogP contribution is -2.49. The predicted octanol–water partition coefficient (Wildman–Crippen LogP) is 2.84. The monoisotopic (exact) mass is 390 g/mol. The molecule has 7 nitrogen and oxygen atoms in total. The Labute approximate surface area is 168 Å². The summed E-state index contributed by atoms with van der Waals surface area (Å²) in [6.45, 7) is 4.30. The van der Waals surface area contributed by atoms with Gasteiger partial charge in [0.1, 0.15) is 5.69 Å². The number of rotatable bonds is 4. The molecule has 1 N–H and O–H groups in total. The molecule has 0 atom stereocenters. The molecule has 1 aliphatic heterocycles. The molecular formula is C22H22N4O3. The van der Waals surface area contributed by atoms with Crippen LogP contribution in [0.5, 0.6) is 0 Å². The highest BCUT2D eigenvalue weighted by atomic mass is 16.4. The third-order valence-electron chi connectivity index (χ3n) is 5.08. The molecule has 0 radical (unpaired) electrons. The van der Waals surface area contributed by atoms with Crippen molar-refractivity contribution in [2.24, 2.45) is 0 Å². The number of carboxylic acids is 1. The van der Waals surface area contributed by atoms with E-state index in [0.717, 1.165) is 17.1 Å². The number of nitrogens with zero attached hydrogens (tertiary/aromatic N) is 4. The molecule has 1 aromatic heterocycles. The van der Waals surface area contributed by atoms with Crippen LogP contribution in [0.3, 0.4) is 0 Å². The Morgan fingerprint density at radius 1 is 0.897 bits per heavy atom. The molecule has 4 rings (SSSR count). The van der Waals surface area contributed by atoms with E-state index in [9.17, 15) is 14.7 Å². The van der Waals surface area contributed by atoms with Gasteiger partial charge >= 0.3 is 5.97 Å². The van der Waals surface area contributed by atoms with Gasteiger partial charge < -0.3 is 14.9 Å². The van der Waals surface area contributed by atoms with Crippen molar-refractivity contribution in [3.8, 4) is 5.69 Å². The van der Waals surface area contributed by atoms with Crippen LogP contribution in [0.4, 0.5) is 5.69 Å². The second kappa shape index (κ2) is 7.79. The van der Waals surface area contributed by atoms with Gasteiger partial charge in [0.2, 0.25) is 0 Å². The Bertz CT molecular complexity index is 1040. The summed E-state index contributed by atoms with van der Waals surface area (Å²) in [5.41, 5.74) is 3.33. The lowest BCUT2D eigenvalue weighted by molar-refractivity contribution is 0.0695. The SMILES string of the molecule is Cc1cc(C(=O)N2CCN(c3cccc(C(=O)O)c3)CC2)n(-c2ccccc2)n1. The largest absolute Gasteiger partial charge is 0.478 e. The number of hydrogen-bond acceptors (Lipinski definition) is 4. The molecule has 3 aromatic rings. The highest BCUT2D eigenvalue weighted by molar-refractivity contribution is 5.93. The Morgan fingerprint density at radius 3 is 2.28 bits per heavy atom. The van der Waals surface area contributed by atoms with Gasteiger partial charge in [0.15, 0.2) is 0 Å². The van der Waals surface area contributed by atoms with E-state index in [2.05, 4.69) is 10.00 Å². The highest BCUT2D eigenvalue weighted by Crippen LogP contribution is 2.20. The summed E-state index contributed by atoms with van der Waals surface area (Å²) in [7, 11) is 0. The van der Waals surface area contributed by atoms with Crippen LogP contribution in [0.2, 0.25) is 0 Å². The lowest BCUT2D eigenvalue weighted by atomic mass is 10.1. The van der Waals surface area contributed by atoms with Gasteiger partial charge in [0.25, 0.3) is 5.91 Å². The first-order valence-corrected chi connectivity index (χ1v) is 9.52. The molecule has 1 saturated heterocycles. The molecule has 0 aliphatic carbocycles. The number of aryl methyl sites for hydroxylation is 1. The first kappa shape index (κ1) is 18.7. The molecular weight excluding hydrogens is 368 g/mol. The molecule has 0 unspecified atom stereocenters. The van der Waals surface area contributed by atoms with E-state index in [4.69, 9.17) is 0 Å². The molecule has 1 aliphatic rings. The zero-order valence-electron chi connectivity index (χ0n) is 16.2. The lowest BCUT2D eigenvalue weighted by Gasteiger charge is -2.36. The minimum absolute atomic E-state index is 0.0478. The Balaban J connectivity index is 1.49. The Hall–Kier alpha value is -3.61. The van der Waals surface area contributed by atoms with E-state index in [1.165, 1.54) is 0 Å². The standard InChI is InChI=1S/C22H22N4O3/c1-16-14-20(26(23-16)18-7-3-2-4-8-18)21(27)25-12-10-24(11-13-25)19-9-5-6-17(15-19)22(28)29/h2-9,14-15H,10-13H2,1H3,(H,28,29).